The van der Waals surface area contributed by atoms with E-state index < -0.39 is 0 Å². The van der Waals surface area contributed by atoms with Crippen molar-refractivity contribution in [1.82, 2.24) is 0 Å². The van der Waals surface area contributed by atoms with Crippen LogP contribution in [0.5, 0.6) is 0 Å². The van der Waals surface area contributed by atoms with E-state index in [9.17, 15) is 0 Å². The van der Waals surface area contributed by atoms with Crippen LogP contribution in [0.4, 0.5) is 0 Å². The topological polar surface area (TPSA) is 9.23 Å². The van der Waals surface area contributed by atoms with Gasteiger partial charge in [-0.3, -0.25) is 0 Å². The lowest BCUT2D eigenvalue weighted by molar-refractivity contribution is 0.177. The van der Waals surface area contributed by atoms with Crippen molar-refractivity contribution >= 4 is 0 Å². The number of allylic oxidation sites excluding steroid dienone is 1. The molecule has 0 bridgehead atoms. The molecule has 0 atom stereocenters. The Bertz CT molecular complexity index is 109. The average Bonchev–Trinajstić information content (AvgIpc) is 1.85. The van der Waals surface area contributed by atoms with Crippen molar-refractivity contribution in [1.29, 1.82) is 0 Å². The van der Waals surface area contributed by atoms with Gasteiger partial charge in [0.2, 0.25) is 0 Å². The minimum absolute atomic E-state index is 0.405. The van der Waals surface area contributed by atoms with Gasteiger partial charge in [0.1, 0.15) is 0 Å². The van der Waals surface area contributed by atoms with Crippen LogP contribution >= 0.6 is 0 Å². The Hall–Kier alpha value is -0.300. The summed E-state index contributed by atoms with van der Waals surface area (Å²) in [7, 11) is 0. The summed E-state index contributed by atoms with van der Waals surface area (Å²) in [6, 6.07) is 0. The van der Waals surface area contributed by atoms with E-state index in [1.807, 2.05) is 6.92 Å². The van der Waals surface area contributed by atoms with Crippen LogP contribution in [0.2, 0.25) is 0 Å². The predicted molar refractivity (Wildman–Crippen MR) is 49.7 cm³/mol. The third-order valence-electron chi connectivity index (χ3n) is 1.32. The number of hydrogen-bond acceptors (Lipinski definition) is 1. The summed E-state index contributed by atoms with van der Waals surface area (Å²) in [5, 5.41) is 0. The van der Waals surface area contributed by atoms with E-state index in [2.05, 4.69) is 32.9 Å². The summed E-state index contributed by atoms with van der Waals surface area (Å²) in [4.78, 5) is 0. The minimum Gasteiger partial charge on any atom is -0.378 e. The molecule has 0 aliphatic heterocycles. The van der Waals surface area contributed by atoms with Gasteiger partial charge >= 0.3 is 0 Å². The molecule has 0 saturated carbocycles. The van der Waals surface area contributed by atoms with Crippen molar-refractivity contribution < 1.29 is 4.74 Å². The highest BCUT2D eigenvalue weighted by atomic mass is 16.5. The first-order valence-corrected chi connectivity index (χ1v) is 4.29. The van der Waals surface area contributed by atoms with Gasteiger partial charge in [-0.1, -0.05) is 32.9 Å². The maximum atomic E-state index is 5.16. The molecular formula is C10H20O. The quantitative estimate of drug-likeness (QED) is 0.449. The molecule has 1 heteroatoms. The van der Waals surface area contributed by atoms with Gasteiger partial charge in [0.05, 0.1) is 6.61 Å². The zero-order valence-electron chi connectivity index (χ0n) is 8.18. The Morgan fingerprint density at radius 2 is 1.82 bits per heavy atom. The molecule has 0 heterocycles. The smallest absolute Gasteiger partial charge is 0.0647 e. The Balaban J connectivity index is 3.30. The maximum Gasteiger partial charge on any atom is 0.0647 e. The molecule has 0 aromatic carbocycles. The van der Waals surface area contributed by atoms with Crippen LogP contribution in [0.1, 0.15) is 34.1 Å². The van der Waals surface area contributed by atoms with Gasteiger partial charge < -0.3 is 4.74 Å². The second-order valence-corrected chi connectivity index (χ2v) is 3.90. The second-order valence-electron chi connectivity index (χ2n) is 3.90. The van der Waals surface area contributed by atoms with Crippen molar-refractivity contribution in [2.24, 2.45) is 5.41 Å². The fraction of sp³-hybridized carbons (Fsp3) is 0.800. The van der Waals surface area contributed by atoms with E-state index in [1.54, 1.807) is 0 Å². The van der Waals surface area contributed by atoms with Gasteiger partial charge in [-0.05, 0) is 18.8 Å². The molecule has 0 spiro atoms. The van der Waals surface area contributed by atoms with Crippen LogP contribution in [-0.4, -0.2) is 13.2 Å². The Morgan fingerprint density at radius 1 is 1.18 bits per heavy atom. The molecule has 0 aromatic rings. The monoisotopic (exact) mass is 156 g/mol. The fourth-order valence-electron chi connectivity index (χ4n) is 0.691. The zero-order chi connectivity index (χ0) is 8.74. The van der Waals surface area contributed by atoms with Crippen LogP contribution < -0.4 is 0 Å². The van der Waals surface area contributed by atoms with E-state index in [1.165, 1.54) is 0 Å². The Labute approximate surface area is 70.4 Å². The van der Waals surface area contributed by atoms with Gasteiger partial charge in [0.15, 0.2) is 0 Å². The second kappa shape index (κ2) is 5.36. The van der Waals surface area contributed by atoms with E-state index in [0.29, 0.717) is 5.41 Å². The molecule has 0 fully saturated rings. The van der Waals surface area contributed by atoms with E-state index in [0.717, 1.165) is 19.6 Å². The molecule has 66 valence electrons. The molecule has 0 amide bonds. The summed E-state index contributed by atoms with van der Waals surface area (Å²) in [6.07, 6.45) is 5.41. The first-order valence-electron chi connectivity index (χ1n) is 4.29. The van der Waals surface area contributed by atoms with Crippen molar-refractivity contribution in [3.63, 3.8) is 0 Å². The third kappa shape index (κ3) is 9.70. The molecule has 0 aliphatic carbocycles. The summed E-state index contributed by atoms with van der Waals surface area (Å²) >= 11 is 0. The molecule has 0 aromatic heterocycles. The molecule has 0 unspecified atom stereocenters. The highest BCUT2D eigenvalue weighted by Crippen LogP contribution is 2.18. The van der Waals surface area contributed by atoms with Crippen molar-refractivity contribution in [2.45, 2.75) is 34.1 Å². The van der Waals surface area contributed by atoms with E-state index >= 15 is 0 Å². The number of ether oxygens (including phenoxy) is 1. The van der Waals surface area contributed by atoms with Gasteiger partial charge in [-0.2, -0.15) is 0 Å². The van der Waals surface area contributed by atoms with E-state index in [-0.39, 0.29) is 0 Å². The van der Waals surface area contributed by atoms with Gasteiger partial charge in [0, 0.05) is 6.61 Å². The lowest BCUT2D eigenvalue weighted by Crippen LogP contribution is -2.02. The highest BCUT2D eigenvalue weighted by molar-refractivity contribution is 4.85. The maximum absolute atomic E-state index is 5.16. The number of rotatable bonds is 4. The first-order chi connectivity index (χ1) is 5.06. The largest absolute Gasteiger partial charge is 0.378 e. The normalized spacial score (nSPS) is 12.7. The lowest BCUT2D eigenvalue weighted by Gasteiger charge is -2.14. The molecule has 0 aliphatic rings. The first kappa shape index (κ1) is 10.7. The van der Waals surface area contributed by atoms with Crippen LogP contribution in [0.3, 0.4) is 0 Å². The molecular weight excluding hydrogens is 136 g/mol. The molecule has 0 rings (SSSR count). The number of hydrogen-bond donors (Lipinski definition) is 0. The van der Waals surface area contributed by atoms with Crippen molar-refractivity contribution in [3.05, 3.63) is 12.2 Å². The third-order valence-corrected chi connectivity index (χ3v) is 1.32. The summed E-state index contributed by atoms with van der Waals surface area (Å²) in [5.41, 5.74) is 0.405. The van der Waals surface area contributed by atoms with Gasteiger partial charge in [-0.25, -0.2) is 0 Å². The highest BCUT2D eigenvalue weighted by Gasteiger charge is 2.05. The Morgan fingerprint density at radius 3 is 2.27 bits per heavy atom. The molecule has 0 radical (unpaired) electrons. The summed E-state index contributed by atoms with van der Waals surface area (Å²) in [5.74, 6) is 0. The fourth-order valence-corrected chi connectivity index (χ4v) is 0.691. The summed E-state index contributed by atoms with van der Waals surface area (Å²) < 4.78 is 5.16. The average molecular weight is 156 g/mol. The van der Waals surface area contributed by atoms with Crippen molar-refractivity contribution in [3.8, 4) is 0 Å². The predicted octanol–water partition coefficient (Wildman–Crippen LogP) is 3.02. The molecule has 0 saturated heterocycles. The van der Waals surface area contributed by atoms with Crippen LogP contribution in [0.25, 0.3) is 0 Å². The zero-order valence-corrected chi connectivity index (χ0v) is 8.18. The van der Waals surface area contributed by atoms with Crippen LogP contribution in [0.15, 0.2) is 12.2 Å². The minimum atomic E-state index is 0.405. The van der Waals surface area contributed by atoms with Gasteiger partial charge in [-0.15, -0.1) is 0 Å². The molecule has 11 heavy (non-hydrogen) atoms. The van der Waals surface area contributed by atoms with Crippen LogP contribution in [-0.2, 0) is 4.74 Å². The molecule has 0 N–H and O–H groups in total. The standard InChI is InChI=1S/C10H20O/c1-5-11-9-7-6-8-10(2,3)4/h6-7H,5,8-9H2,1-4H3/b7-6-. The Kier molecular flexibility index (Phi) is 5.22. The molecule has 1 nitrogen and oxygen atoms in total. The van der Waals surface area contributed by atoms with Crippen LogP contribution in [0, 0.1) is 5.41 Å². The lowest BCUT2D eigenvalue weighted by atomic mass is 9.92. The summed E-state index contributed by atoms with van der Waals surface area (Å²) in [6.45, 7) is 10.3. The SMILES string of the molecule is CCOC/C=C\CC(C)(C)C. The van der Waals surface area contributed by atoms with Gasteiger partial charge in [0.25, 0.3) is 0 Å². The van der Waals surface area contributed by atoms with Crippen molar-refractivity contribution in [2.75, 3.05) is 13.2 Å². The van der Waals surface area contributed by atoms with E-state index in [4.69, 9.17) is 4.74 Å².